The van der Waals surface area contributed by atoms with Crippen LogP contribution >= 0.6 is 12.6 Å². The van der Waals surface area contributed by atoms with Crippen LogP contribution in [0.1, 0.15) is 6.92 Å². The van der Waals surface area contributed by atoms with Gasteiger partial charge in [-0.1, -0.05) is 6.92 Å². The van der Waals surface area contributed by atoms with Gasteiger partial charge in [0.15, 0.2) is 0 Å². The van der Waals surface area contributed by atoms with E-state index in [9.17, 15) is 0 Å². The summed E-state index contributed by atoms with van der Waals surface area (Å²) in [6.45, 7) is 3.39. The van der Waals surface area contributed by atoms with Crippen molar-refractivity contribution in [3.05, 3.63) is 0 Å². The summed E-state index contributed by atoms with van der Waals surface area (Å²) in [5, 5.41) is 0.192. The van der Waals surface area contributed by atoms with Gasteiger partial charge in [-0.3, -0.25) is 0 Å². The summed E-state index contributed by atoms with van der Waals surface area (Å²) in [5.41, 5.74) is 0. The van der Waals surface area contributed by atoms with Gasteiger partial charge in [0.2, 0.25) is 0 Å². The van der Waals surface area contributed by atoms with E-state index in [2.05, 4.69) is 12.6 Å². The monoisotopic (exact) mass is 132 g/mol. The topological polar surface area (TPSA) is 18.5 Å². The van der Waals surface area contributed by atoms with Crippen LogP contribution in [-0.4, -0.2) is 25.5 Å². The third kappa shape index (κ3) is 1.40. The van der Waals surface area contributed by atoms with E-state index in [0.717, 1.165) is 13.2 Å². The lowest BCUT2D eigenvalue weighted by Gasteiger charge is -2.04. The van der Waals surface area contributed by atoms with Gasteiger partial charge in [0.05, 0.1) is 13.2 Å². The molecule has 0 N–H and O–H groups in total. The van der Waals surface area contributed by atoms with E-state index in [-0.39, 0.29) is 12.3 Å². The maximum atomic E-state index is 5.12. The molecule has 1 saturated heterocycles. The van der Waals surface area contributed by atoms with Crippen molar-refractivity contribution in [1.29, 1.82) is 0 Å². The molecule has 0 radical (unpaired) electrons. The minimum atomic E-state index is -0.0710. The molecule has 2 nitrogen and oxygen atoms in total. The van der Waals surface area contributed by atoms with Gasteiger partial charge in [0.1, 0.15) is 0 Å². The van der Waals surface area contributed by atoms with Gasteiger partial charge in [-0.2, -0.15) is 12.6 Å². The first kappa shape index (κ1) is 6.45. The molecule has 0 aromatic carbocycles. The van der Waals surface area contributed by atoms with Crippen LogP contribution in [0.3, 0.4) is 0 Å². The van der Waals surface area contributed by atoms with Gasteiger partial charge in [0.25, 0.3) is 0 Å². The van der Waals surface area contributed by atoms with Crippen LogP contribution in [-0.2, 0) is 9.31 Å². The predicted molar refractivity (Wildman–Crippen MR) is 36.1 cm³/mol. The van der Waals surface area contributed by atoms with Crippen LogP contribution in [0.15, 0.2) is 0 Å². The average molecular weight is 132 g/mol. The molecule has 4 heteroatoms. The first-order chi connectivity index (χ1) is 3.80. The second-order valence-electron chi connectivity index (χ2n) is 1.85. The Hall–Kier alpha value is 0.335. The van der Waals surface area contributed by atoms with Crippen molar-refractivity contribution in [2.45, 2.75) is 12.1 Å². The Morgan fingerprint density at radius 3 is 2.25 bits per heavy atom. The molecule has 1 fully saturated rings. The van der Waals surface area contributed by atoms with E-state index in [0.29, 0.717) is 0 Å². The van der Waals surface area contributed by atoms with E-state index in [1.165, 1.54) is 0 Å². The largest absolute Gasteiger partial charge is 0.470 e. The van der Waals surface area contributed by atoms with Crippen molar-refractivity contribution in [3.8, 4) is 0 Å². The van der Waals surface area contributed by atoms with Gasteiger partial charge in [-0.15, -0.1) is 0 Å². The zero-order valence-electron chi connectivity index (χ0n) is 4.83. The maximum absolute atomic E-state index is 5.12. The lowest BCUT2D eigenvalue weighted by Crippen LogP contribution is -2.24. The first-order valence-corrected chi connectivity index (χ1v) is 3.23. The summed E-state index contributed by atoms with van der Waals surface area (Å²) in [6, 6.07) is 0. The molecule has 0 spiro atoms. The SMILES string of the molecule is CC(S)B1OCCO1. The number of hydrogen-bond acceptors (Lipinski definition) is 3. The highest BCUT2D eigenvalue weighted by Gasteiger charge is 2.27. The van der Waals surface area contributed by atoms with Gasteiger partial charge < -0.3 is 9.31 Å². The minimum Gasteiger partial charge on any atom is -0.408 e. The predicted octanol–water partition coefficient (Wildman–Crippen LogP) is 0.379. The third-order valence-corrected chi connectivity index (χ3v) is 1.28. The molecule has 1 rings (SSSR count). The third-order valence-electron chi connectivity index (χ3n) is 1.04. The highest BCUT2D eigenvalue weighted by atomic mass is 32.1. The normalized spacial score (nSPS) is 24.0. The van der Waals surface area contributed by atoms with Crippen molar-refractivity contribution in [2.24, 2.45) is 0 Å². The van der Waals surface area contributed by atoms with Crippen molar-refractivity contribution < 1.29 is 9.31 Å². The summed E-state index contributed by atoms with van der Waals surface area (Å²) in [5.74, 6) is 0. The molecule has 1 aliphatic rings. The molecular formula is C4H9BO2S. The van der Waals surface area contributed by atoms with Crippen molar-refractivity contribution in [2.75, 3.05) is 13.2 Å². The highest BCUT2D eigenvalue weighted by molar-refractivity contribution is 7.82. The van der Waals surface area contributed by atoms with E-state index in [1.807, 2.05) is 6.92 Å². The average Bonchev–Trinajstić information content (AvgIpc) is 2.12. The van der Waals surface area contributed by atoms with Gasteiger partial charge in [0, 0.05) is 5.15 Å². The molecule has 1 aliphatic heterocycles. The molecule has 1 heterocycles. The van der Waals surface area contributed by atoms with E-state index in [4.69, 9.17) is 9.31 Å². The number of thiol groups is 1. The summed E-state index contributed by atoms with van der Waals surface area (Å²) in [4.78, 5) is 0. The van der Waals surface area contributed by atoms with Crippen LogP contribution in [0.5, 0.6) is 0 Å². The second kappa shape index (κ2) is 2.76. The summed E-state index contributed by atoms with van der Waals surface area (Å²) in [7, 11) is -0.0710. The fourth-order valence-electron chi connectivity index (χ4n) is 0.655. The molecule has 0 aliphatic carbocycles. The van der Waals surface area contributed by atoms with Crippen LogP contribution in [0.2, 0.25) is 0 Å². The van der Waals surface area contributed by atoms with E-state index < -0.39 is 0 Å². The van der Waals surface area contributed by atoms with Crippen molar-refractivity contribution >= 4 is 19.7 Å². The van der Waals surface area contributed by atoms with Crippen LogP contribution in [0.25, 0.3) is 0 Å². The number of hydrogen-bond donors (Lipinski definition) is 1. The number of rotatable bonds is 1. The molecular weight excluding hydrogens is 123 g/mol. The molecule has 46 valence electrons. The lowest BCUT2D eigenvalue weighted by molar-refractivity contribution is 0.365. The Bertz CT molecular complexity index is 72.4. The molecule has 0 amide bonds. The Morgan fingerprint density at radius 2 is 2.00 bits per heavy atom. The van der Waals surface area contributed by atoms with Crippen LogP contribution in [0.4, 0.5) is 0 Å². The van der Waals surface area contributed by atoms with Gasteiger partial charge in [-0.25, -0.2) is 0 Å². The summed E-state index contributed by atoms with van der Waals surface area (Å²) < 4.78 is 10.2. The molecule has 0 aromatic rings. The Balaban J connectivity index is 2.24. The summed E-state index contributed by atoms with van der Waals surface area (Å²) in [6.07, 6.45) is 0. The van der Waals surface area contributed by atoms with E-state index in [1.54, 1.807) is 0 Å². The zero-order valence-corrected chi connectivity index (χ0v) is 5.73. The first-order valence-electron chi connectivity index (χ1n) is 2.72. The quantitative estimate of drug-likeness (QED) is 0.410. The van der Waals surface area contributed by atoms with Crippen LogP contribution in [0, 0.1) is 0 Å². The molecule has 1 unspecified atom stereocenters. The van der Waals surface area contributed by atoms with Gasteiger partial charge in [-0.05, 0) is 0 Å². The molecule has 0 bridgehead atoms. The fourth-order valence-corrected chi connectivity index (χ4v) is 0.827. The minimum absolute atomic E-state index is 0.0710. The Labute approximate surface area is 55.1 Å². The summed E-state index contributed by atoms with van der Waals surface area (Å²) >= 11 is 4.14. The van der Waals surface area contributed by atoms with Crippen LogP contribution < -0.4 is 0 Å². The smallest absolute Gasteiger partial charge is 0.408 e. The maximum Gasteiger partial charge on any atom is 0.470 e. The Morgan fingerprint density at radius 1 is 1.50 bits per heavy atom. The molecule has 1 atom stereocenters. The highest BCUT2D eigenvalue weighted by Crippen LogP contribution is 2.07. The van der Waals surface area contributed by atoms with Gasteiger partial charge >= 0.3 is 7.12 Å². The molecule has 0 aromatic heterocycles. The van der Waals surface area contributed by atoms with Crippen molar-refractivity contribution in [1.82, 2.24) is 0 Å². The van der Waals surface area contributed by atoms with Crippen molar-refractivity contribution in [3.63, 3.8) is 0 Å². The Kier molecular flexibility index (Phi) is 2.22. The zero-order chi connectivity index (χ0) is 5.98. The van der Waals surface area contributed by atoms with E-state index >= 15 is 0 Å². The second-order valence-corrected chi connectivity index (χ2v) is 2.67. The fraction of sp³-hybridized carbons (Fsp3) is 1.00. The molecule has 8 heavy (non-hydrogen) atoms. The lowest BCUT2D eigenvalue weighted by atomic mass is 9.86. The standard InChI is InChI=1S/C4H9BO2S/c1-4(8)5-6-2-3-7-5/h4,8H,2-3H2,1H3. The molecule has 0 saturated carbocycles.